The number of Topliss-reactive ketones (excluding diaryl/α,β-unsaturated/α-hetero) is 1. The van der Waals surface area contributed by atoms with E-state index in [0.717, 1.165) is 25.1 Å². The van der Waals surface area contributed by atoms with Crippen LogP contribution in [0, 0.1) is 0 Å². The lowest BCUT2D eigenvalue weighted by Gasteiger charge is -2.23. The number of unbranched alkanes of at least 4 members (excludes halogenated alkanes) is 2. The molecule has 1 rings (SSSR count). The van der Waals surface area contributed by atoms with Crippen LogP contribution in [-0.4, -0.2) is 37.0 Å². The first-order chi connectivity index (χ1) is 9.22. The van der Waals surface area contributed by atoms with Gasteiger partial charge in [0.2, 0.25) is 0 Å². The van der Waals surface area contributed by atoms with E-state index in [2.05, 4.69) is 24.9 Å². The smallest absolute Gasteiger partial charge is 0.193 e. The van der Waals surface area contributed by atoms with Crippen molar-refractivity contribution in [3.63, 3.8) is 0 Å². The zero-order valence-corrected chi connectivity index (χ0v) is 12.5. The molecule has 0 spiro atoms. The van der Waals surface area contributed by atoms with E-state index < -0.39 is 0 Å². The van der Waals surface area contributed by atoms with Crippen molar-refractivity contribution in [2.75, 3.05) is 20.2 Å². The number of rotatable bonds is 8. The highest BCUT2D eigenvalue weighted by molar-refractivity contribution is 6.01. The van der Waals surface area contributed by atoms with Crippen LogP contribution in [-0.2, 0) is 9.53 Å². The van der Waals surface area contributed by atoms with Gasteiger partial charge in [0.15, 0.2) is 5.78 Å². The second kappa shape index (κ2) is 8.92. The topological polar surface area (TPSA) is 29.5 Å². The first-order valence-electron chi connectivity index (χ1n) is 7.41. The van der Waals surface area contributed by atoms with Gasteiger partial charge in [0, 0.05) is 32.0 Å². The molecule has 0 radical (unpaired) electrons. The fourth-order valence-corrected chi connectivity index (χ4v) is 2.17. The first kappa shape index (κ1) is 16.0. The molecule has 0 aromatic rings. The van der Waals surface area contributed by atoms with Gasteiger partial charge in [0.05, 0.1) is 0 Å². The van der Waals surface area contributed by atoms with Gasteiger partial charge in [-0.05, 0) is 19.3 Å². The summed E-state index contributed by atoms with van der Waals surface area (Å²) in [6.45, 7) is 6.46. The number of carbonyl (C=O) groups is 1. The third kappa shape index (κ3) is 5.19. The molecule has 0 fully saturated rings. The zero-order valence-electron chi connectivity index (χ0n) is 12.5. The minimum atomic E-state index is -0.390. The molecule has 0 bridgehead atoms. The lowest BCUT2D eigenvalue weighted by Crippen LogP contribution is -2.28. The Morgan fingerprint density at radius 2 is 1.95 bits per heavy atom. The maximum atomic E-state index is 12.2. The Kier molecular flexibility index (Phi) is 7.49. The Morgan fingerprint density at radius 1 is 1.32 bits per heavy atom. The number of ether oxygens (including phenoxy) is 1. The summed E-state index contributed by atoms with van der Waals surface area (Å²) in [5.41, 5.74) is 0.876. The number of ketones is 1. The summed E-state index contributed by atoms with van der Waals surface area (Å²) in [5.74, 6) is 0.114. The molecule has 1 unspecified atom stereocenters. The first-order valence-corrected chi connectivity index (χ1v) is 7.41. The molecule has 1 aliphatic carbocycles. The quantitative estimate of drug-likeness (QED) is 0.498. The number of carbonyl (C=O) groups excluding carboxylic acids is 1. The van der Waals surface area contributed by atoms with Crippen molar-refractivity contribution in [3.8, 4) is 0 Å². The van der Waals surface area contributed by atoms with Crippen LogP contribution >= 0.6 is 0 Å². The van der Waals surface area contributed by atoms with Crippen LogP contribution in [0.1, 0.15) is 46.0 Å². The number of hydrogen-bond acceptors (Lipinski definition) is 3. The van der Waals surface area contributed by atoms with E-state index in [1.54, 1.807) is 7.11 Å². The minimum Gasteiger partial charge on any atom is -0.377 e. The van der Waals surface area contributed by atoms with Gasteiger partial charge >= 0.3 is 0 Å². The van der Waals surface area contributed by atoms with E-state index >= 15 is 0 Å². The lowest BCUT2D eigenvalue weighted by molar-refractivity contribution is -0.123. The Bertz CT molecular complexity index is 326. The van der Waals surface area contributed by atoms with Gasteiger partial charge in [0.1, 0.15) is 6.10 Å². The molecule has 0 amide bonds. The Morgan fingerprint density at radius 3 is 2.47 bits per heavy atom. The summed E-state index contributed by atoms with van der Waals surface area (Å²) in [6.07, 6.45) is 11.0. The normalized spacial score (nSPS) is 21.1. The van der Waals surface area contributed by atoms with Crippen LogP contribution in [0.25, 0.3) is 0 Å². The van der Waals surface area contributed by atoms with Crippen LogP contribution in [0.4, 0.5) is 0 Å². The summed E-state index contributed by atoms with van der Waals surface area (Å²) >= 11 is 0. The van der Waals surface area contributed by atoms with Gasteiger partial charge < -0.3 is 9.64 Å². The van der Waals surface area contributed by atoms with E-state index in [-0.39, 0.29) is 11.9 Å². The molecule has 0 N–H and O–H groups in total. The molecular weight excluding hydrogens is 238 g/mol. The van der Waals surface area contributed by atoms with Gasteiger partial charge in [-0.15, -0.1) is 0 Å². The van der Waals surface area contributed by atoms with E-state index in [1.807, 2.05) is 12.2 Å². The van der Waals surface area contributed by atoms with Crippen LogP contribution in [0.15, 0.2) is 23.9 Å². The Hall–Kier alpha value is -1.09. The molecule has 0 aromatic carbocycles. The molecule has 0 aromatic heterocycles. The van der Waals surface area contributed by atoms with Crippen molar-refractivity contribution in [1.82, 2.24) is 4.90 Å². The maximum Gasteiger partial charge on any atom is 0.193 e. The van der Waals surface area contributed by atoms with Crippen LogP contribution in [0.5, 0.6) is 0 Å². The lowest BCUT2D eigenvalue weighted by atomic mass is 9.98. The minimum absolute atomic E-state index is 0.114. The Balaban J connectivity index is 2.70. The second-order valence-corrected chi connectivity index (χ2v) is 5.05. The molecule has 108 valence electrons. The average Bonchev–Trinajstić information content (AvgIpc) is 2.43. The molecule has 0 saturated heterocycles. The van der Waals surface area contributed by atoms with E-state index in [9.17, 15) is 4.79 Å². The summed E-state index contributed by atoms with van der Waals surface area (Å²) < 4.78 is 5.18. The molecule has 3 heteroatoms. The van der Waals surface area contributed by atoms with Crippen molar-refractivity contribution >= 4 is 5.78 Å². The molecule has 1 atom stereocenters. The van der Waals surface area contributed by atoms with E-state index in [1.165, 1.54) is 25.7 Å². The summed E-state index contributed by atoms with van der Waals surface area (Å²) in [6, 6.07) is 0. The van der Waals surface area contributed by atoms with E-state index in [4.69, 9.17) is 4.74 Å². The largest absolute Gasteiger partial charge is 0.377 e. The highest BCUT2D eigenvalue weighted by atomic mass is 16.5. The monoisotopic (exact) mass is 265 g/mol. The average molecular weight is 265 g/mol. The van der Waals surface area contributed by atoms with Gasteiger partial charge in [-0.25, -0.2) is 0 Å². The molecule has 0 heterocycles. The number of allylic oxidation sites excluding steroid dienone is 1. The van der Waals surface area contributed by atoms with Gasteiger partial charge in [-0.2, -0.15) is 0 Å². The molecule has 3 nitrogen and oxygen atoms in total. The Labute approximate surface area is 117 Å². The molecular formula is C16H27NO2. The second-order valence-electron chi connectivity index (χ2n) is 5.05. The maximum absolute atomic E-state index is 12.2. The van der Waals surface area contributed by atoms with Crippen molar-refractivity contribution in [2.45, 2.75) is 52.1 Å². The van der Waals surface area contributed by atoms with Crippen LogP contribution in [0.3, 0.4) is 0 Å². The van der Waals surface area contributed by atoms with Crippen molar-refractivity contribution in [1.29, 1.82) is 0 Å². The third-order valence-corrected chi connectivity index (χ3v) is 3.41. The van der Waals surface area contributed by atoms with Crippen molar-refractivity contribution < 1.29 is 9.53 Å². The SMILES string of the molecule is CCCCN(C=C1CC=CC(OC)C1=O)CCCC. The number of hydrogen-bond donors (Lipinski definition) is 0. The number of methoxy groups -OCH3 is 1. The highest BCUT2D eigenvalue weighted by Gasteiger charge is 2.22. The van der Waals surface area contributed by atoms with E-state index in [0.29, 0.717) is 0 Å². The summed E-state index contributed by atoms with van der Waals surface area (Å²) in [5, 5.41) is 0. The molecule has 19 heavy (non-hydrogen) atoms. The van der Waals surface area contributed by atoms with Gasteiger partial charge in [-0.1, -0.05) is 38.8 Å². The third-order valence-electron chi connectivity index (χ3n) is 3.41. The molecule has 0 saturated carbocycles. The predicted molar refractivity (Wildman–Crippen MR) is 79.0 cm³/mol. The fraction of sp³-hybridized carbons (Fsp3) is 0.688. The summed E-state index contributed by atoms with van der Waals surface area (Å²) in [4.78, 5) is 14.5. The standard InChI is InChI=1S/C16H27NO2/c1-4-6-11-17(12-7-5-2)13-14-9-8-10-15(19-3)16(14)18/h8,10,13,15H,4-7,9,11-12H2,1-3H3. The summed E-state index contributed by atoms with van der Waals surface area (Å²) in [7, 11) is 1.59. The zero-order chi connectivity index (χ0) is 14.1. The molecule has 0 aliphatic heterocycles. The van der Waals surface area contributed by atoms with Crippen LogP contribution < -0.4 is 0 Å². The predicted octanol–water partition coefficient (Wildman–Crippen LogP) is 3.32. The number of nitrogens with zero attached hydrogens (tertiary/aromatic N) is 1. The van der Waals surface area contributed by atoms with Crippen LogP contribution in [0.2, 0.25) is 0 Å². The molecule has 1 aliphatic rings. The van der Waals surface area contributed by atoms with Gasteiger partial charge in [0.25, 0.3) is 0 Å². The van der Waals surface area contributed by atoms with Gasteiger partial charge in [-0.3, -0.25) is 4.79 Å². The fourth-order valence-electron chi connectivity index (χ4n) is 2.17. The van der Waals surface area contributed by atoms with Crippen molar-refractivity contribution in [2.24, 2.45) is 0 Å². The highest BCUT2D eigenvalue weighted by Crippen LogP contribution is 2.17. The van der Waals surface area contributed by atoms with Crippen molar-refractivity contribution in [3.05, 3.63) is 23.9 Å².